The minimum absolute atomic E-state index is 0.500. The van der Waals surface area contributed by atoms with Crippen LogP contribution in [0.4, 0.5) is 5.69 Å². The molecule has 0 bridgehead atoms. The number of benzene rings is 1. The summed E-state index contributed by atoms with van der Waals surface area (Å²) in [6.45, 7) is 6.79. The fourth-order valence-corrected chi connectivity index (χ4v) is 2.07. The number of halogens is 1. The fourth-order valence-electron chi connectivity index (χ4n) is 1.71. The van der Waals surface area contributed by atoms with Crippen molar-refractivity contribution >= 4 is 21.6 Å². The third kappa shape index (κ3) is 4.03. The summed E-state index contributed by atoms with van der Waals surface area (Å²) in [5.74, 6) is 0. The molecule has 0 aliphatic rings. The van der Waals surface area contributed by atoms with Gasteiger partial charge >= 0.3 is 0 Å². The molecule has 1 N–H and O–H groups in total. The van der Waals surface area contributed by atoms with Crippen molar-refractivity contribution in [1.29, 1.82) is 5.26 Å². The molecular weight excluding hydrogens is 280 g/mol. The Morgan fingerprint density at radius 3 is 2.59 bits per heavy atom. The average Bonchev–Trinajstić information content (AvgIpc) is 2.24. The maximum Gasteiger partial charge on any atom is 0.101 e. The molecule has 17 heavy (non-hydrogen) atoms. The molecule has 1 aromatic rings. The van der Waals surface area contributed by atoms with Crippen LogP contribution in [0.2, 0.25) is 0 Å². The molecule has 0 heterocycles. The number of aliphatic hydroxyl groups is 1. The van der Waals surface area contributed by atoms with Crippen LogP contribution in [0.25, 0.3) is 0 Å². The molecule has 0 radical (unpaired) electrons. The van der Waals surface area contributed by atoms with Crippen LogP contribution in [-0.2, 0) is 0 Å². The summed E-state index contributed by atoms with van der Waals surface area (Å²) in [6, 6.07) is 7.78. The first-order chi connectivity index (χ1) is 7.87. The highest BCUT2D eigenvalue weighted by Crippen LogP contribution is 2.25. The van der Waals surface area contributed by atoms with Crippen molar-refractivity contribution in [3.63, 3.8) is 0 Å². The summed E-state index contributed by atoms with van der Waals surface area (Å²) in [7, 11) is 0. The standard InChI is InChI=1S/C13H17BrN2O/c1-4-16(9-13(2,3)17)12-6-5-11(14)7-10(12)8-15/h5-7,17H,4,9H2,1-3H3. The molecule has 0 saturated carbocycles. The normalized spacial score (nSPS) is 11.1. The fraction of sp³-hybridized carbons (Fsp3) is 0.462. The van der Waals surface area contributed by atoms with Crippen LogP contribution in [0, 0.1) is 11.3 Å². The van der Waals surface area contributed by atoms with E-state index in [1.165, 1.54) is 0 Å². The highest BCUT2D eigenvalue weighted by molar-refractivity contribution is 9.10. The van der Waals surface area contributed by atoms with E-state index in [1.807, 2.05) is 24.0 Å². The molecule has 0 aliphatic carbocycles. The highest BCUT2D eigenvalue weighted by atomic mass is 79.9. The third-order valence-corrected chi connectivity index (χ3v) is 2.87. The van der Waals surface area contributed by atoms with Gasteiger partial charge in [-0.15, -0.1) is 0 Å². The van der Waals surface area contributed by atoms with E-state index >= 15 is 0 Å². The molecule has 0 aromatic heterocycles. The first-order valence-corrected chi connectivity index (χ1v) is 6.33. The second-order valence-corrected chi connectivity index (χ2v) is 5.52. The molecule has 0 spiro atoms. The lowest BCUT2D eigenvalue weighted by Crippen LogP contribution is -2.38. The van der Waals surface area contributed by atoms with Gasteiger partial charge in [-0.2, -0.15) is 5.26 Å². The van der Waals surface area contributed by atoms with E-state index in [-0.39, 0.29) is 0 Å². The molecule has 1 rings (SSSR count). The molecule has 3 nitrogen and oxygen atoms in total. The molecule has 4 heteroatoms. The smallest absolute Gasteiger partial charge is 0.101 e. The molecular formula is C13H17BrN2O. The number of anilines is 1. The molecule has 0 amide bonds. The van der Waals surface area contributed by atoms with Gasteiger partial charge in [-0.3, -0.25) is 0 Å². The molecule has 0 unspecified atom stereocenters. The zero-order valence-electron chi connectivity index (χ0n) is 10.4. The van der Waals surface area contributed by atoms with Gasteiger partial charge in [-0.25, -0.2) is 0 Å². The number of likely N-dealkylation sites (N-methyl/N-ethyl adjacent to an activating group) is 1. The van der Waals surface area contributed by atoms with Gasteiger partial charge in [0.2, 0.25) is 0 Å². The maximum absolute atomic E-state index is 9.86. The van der Waals surface area contributed by atoms with E-state index in [4.69, 9.17) is 5.26 Å². The summed E-state index contributed by atoms with van der Waals surface area (Å²) in [6.07, 6.45) is 0. The van der Waals surface area contributed by atoms with Crippen LogP contribution >= 0.6 is 15.9 Å². The predicted molar refractivity (Wildman–Crippen MR) is 73.0 cm³/mol. The SMILES string of the molecule is CCN(CC(C)(C)O)c1ccc(Br)cc1C#N. The largest absolute Gasteiger partial charge is 0.389 e. The van der Waals surface area contributed by atoms with E-state index in [2.05, 4.69) is 22.0 Å². The summed E-state index contributed by atoms with van der Waals surface area (Å²) < 4.78 is 0.886. The molecule has 0 saturated heterocycles. The first-order valence-electron chi connectivity index (χ1n) is 5.54. The number of nitrogens with zero attached hydrogens (tertiary/aromatic N) is 2. The van der Waals surface area contributed by atoms with E-state index in [1.54, 1.807) is 19.9 Å². The summed E-state index contributed by atoms with van der Waals surface area (Å²) in [5, 5.41) is 19.0. The van der Waals surface area contributed by atoms with Crippen molar-refractivity contribution in [2.24, 2.45) is 0 Å². The van der Waals surface area contributed by atoms with Gasteiger partial charge < -0.3 is 10.0 Å². The Bertz CT molecular complexity index is 432. The van der Waals surface area contributed by atoms with Gasteiger partial charge in [-0.05, 0) is 39.0 Å². The number of hydrogen-bond acceptors (Lipinski definition) is 3. The summed E-state index contributed by atoms with van der Waals surface area (Å²) >= 11 is 3.35. The molecule has 1 aromatic carbocycles. The quantitative estimate of drug-likeness (QED) is 0.929. The lowest BCUT2D eigenvalue weighted by atomic mass is 10.1. The van der Waals surface area contributed by atoms with Gasteiger partial charge in [0.1, 0.15) is 6.07 Å². The minimum Gasteiger partial charge on any atom is -0.389 e. The van der Waals surface area contributed by atoms with Crippen molar-refractivity contribution in [3.8, 4) is 6.07 Å². The van der Waals surface area contributed by atoms with Crippen LogP contribution in [-0.4, -0.2) is 23.8 Å². The Morgan fingerprint density at radius 1 is 1.47 bits per heavy atom. The van der Waals surface area contributed by atoms with Crippen LogP contribution in [0.1, 0.15) is 26.3 Å². The van der Waals surface area contributed by atoms with Gasteiger partial charge in [0, 0.05) is 17.6 Å². The monoisotopic (exact) mass is 296 g/mol. The number of rotatable bonds is 4. The Kier molecular flexibility index (Phi) is 4.55. The predicted octanol–water partition coefficient (Wildman–Crippen LogP) is 2.92. The van der Waals surface area contributed by atoms with Crippen LogP contribution in [0.3, 0.4) is 0 Å². The lowest BCUT2D eigenvalue weighted by Gasteiger charge is -2.30. The van der Waals surface area contributed by atoms with E-state index in [9.17, 15) is 5.11 Å². The molecule has 0 fully saturated rings. The minimum atomic E-state index is -0.782. The van der Waals surface area contributed by atoms with E-state index in [0.717, 1.165) is 16.7 Å². The Morgan fingerprint density at radius 2 is 2.12 bits per heavy atom. The summed E-state index contributed by atoms with van der Waals surface area (Å²) in [4.78, 5) is 2.00. The second kappa shape index (κ2) is 5.52. The topological polar surface area (TPSA) is 47.3 Å². The summed E-state index contributed by atoms with van der Waals surface area (Å²) in [5.41, 5.74) is 0.696. The Labute approximate surface area is 111 Å². The Hall–Kier alpha value is -1.05. The average molecular weight is 297 g/mol. The van der Waals surface area contributed by atoms with Gasteiger partial charge in [0.25, 0.3) is 0 Å². The van der Waals surface area contributed by atoms with Crippen LogP contribution in [0.15, 0.2) is 22.7 Å². The lowest BCUT2D eigenvalue weighted by molar-refractivity contribution is 0.0876. The molecule has 92 valence electrons. The Balaban J connectivity index is 3.08. The molecule has 0 atom stereocenters. The number of hydrogen-bond donors (Lipinski definition) is 1. The van der Waals surface area contributed by atoms with Gasteiger partial charge in [-0.1, -0.05) is 15.9 Å². The highest BCUT2D eigenvalue weighted by Gasteiger charge is 2.19. The third-order valence-electron chi connectivity index (χ3n) is 2.38. The van der Waals surface area contributed by atoms with Crippen LogP contribution in [0.5, 0.6) is 0 Å². The van der Waals surface area contributed by atoms with Crippen molar-refractivity contribution in [2.75, 3.05) is 18.0 Å². The molecule has 0 aliphatic heterocycles. The second-order valence-electron chi connectivity index (χ2n) is 4.60. The zero-order chi connectivity index (χ0) is 13.1. The van der Waals surface area contributed by atoms with Gasteiger partial charge in [0.15, 0.2) is 0 Å². The van der Waals surface area contributed by atoms with Gasteiger partial charge in [0.05, 0.1) is 16.9 Å². The maximum atomic E-state index is 9.86. The number of nitriles is 1. The van der Waals surface area contributed by atoms with Crippen molar-refractivity contribution < 1.29 is 5.11 Å². The zero-order valence-corrected chi connectivity index (χ0v) is 12.0. The first kappa shape index (κ1) is 14.0. The van der Waals surface area contributed by atoms with Crippen LogP contribution < -0.4 is 4.90 Å². The van der Waals surface area contributed by atoms with E-state index in [0.29, 0.717) is 12.1 Å². The van der Waals surface area contributed by atoms with E-state index < -0.39 is 5.60 Å². The van der Waals surface area contributed by atoms with Crippen molar-refractivity contribution in [2.45, 2.75) is 26.4 Å². The van der Waals surface area contributed by atoms with Crippen molar-refractivity contribution in [3.05, 3.63) is 28.2 Å². The van der Waals surface area contributed by atoms with Crippen molar-refractivity contribution in [1.82, 2.24) is 0 Å².